The van der Waals surface area contributed by atoms with Crippen molar-refractivity contribution in [2.75, 3.05) is 26.3 Å². The Bertz CT molecular complexity index is 6920. The van der Waals surface area contributed by atoms with Crippen molar-refractivity contribution in [3.05, 3.63) is 254 Å². The molecule has 1 aliphatic heterocycles. The minimum Gasteiger partial charge on any atom is -0.508 e. The van der Waals surface area contributed by atoms with Crippen LogP contribution in [0, 0.1) is 37.9 Å². The monoisotopic (exact) mass is 2290 g/mol. The van der Waals surface area contributed by atoms with Crippen LogP contribution < -0.4 is 36.3 Å². The minimum atomic E-state index is -4.02. The number of hydrogen-bond donors (Lipinski definition) is 6. The average Bonchev–Trinajstić information content (AvgIpc) is 1.61. The molecule has 0 aliphatic carbocycles. The second kappa shape index (κ2) is 58.3. The molecule has 16 rings (SSSR count). The Morgan fingerprint density at radius 2 is 0.911 bits per heavy atom. The lowest BCUT2D eigenvalue weighted by atomic mass is 9.79. The number of fused-ring (bicyclic) bond motifs is 6. The third kappa shape index (κ3) is 38.2. The van der Waals surface area contributed by atoms with Gasteiger partial charge in [-0.05, 0) is 224 Å². The number of amides is 1. The van der Waals surface area contributed by atoms with E-state index in [9.17, 15) is 56.6 Å². The van der Waals surface area contributed by atoms with Gasteiger partial charge >= 0.3 is 18.9 Å². The van der Waals surface area contributed by atoms with Crippen LogP contribution in [-0.4, -0.2) is 169 Å². The first kappa shape index (κ1) is 119. The first-order chi connectivity index (χ1) is 69.4. The van der Waals surface area contributed by atoms with Crippen LogP contribution in [0.1, 0.15) is 178 Å². The number of nitrogens with zero attached hydrogens (tertiary/aromatic N) is 19. The summed E-state index contributed by atoms with van der Waals surface area (Å²) in [5.41, 5.74) is 22.1. The maximum absolute atomic E-state index is 13.1. The molecule has 784 valence electrons. The Kier molecular flexibility index (Phi) is 47.4. The molecular formula is C99H126BBr4F3N23O15S+. The molecule has 9 aromatic carbocycles. The quantitative estimate of drug-likeness (QED) is 0.00749. The van der Waals surface area contributed by atoms with Crippen molar-refractivity contribution in [1.82, 2.24) is 90.2 Å². The van der Waals surface area contributed by atoms with Gasteiger partial charge in [-0.25, -0.2) is 13.6 Å². The zero-order chi connectivity index (χ0) is 107. The molecule has 15 aromatic rings. The number of halogens is 7. The Hall–Kier alpha value is -12.3. The molecule has 0 spiro atoms. The predicted molar refractivity (Wildman–Crippen MR) is 573 cm³/mol. The number of phenolic OH excluding ortho intramolecular Hbond substituents is 1. The Morgan fingerprint density at radius 3 is 1.34 bits per heavy atom. The standard InChI is InChI=1S/C19H27FN4O3.C16H24BN3O2.C14H19FN4O.C10H13BrN3O.C10H12BrN3.C10H13N3O.C7H7BrN2O2.C7H8O3S.C6H3BrFNO2/c1-5-6-9-24-22-16-8-7-15(10-17(16)23-24)26-13-14(11-20)12-21-18(25)27-19(2,3)4;1-6-7-10-20-18-13-9-8-12(11-14(13)19-20)17-21-15(2,3)16(4,5)22-17;1-2-3-6-19-17-13-5-4-12(7-14(13)18-19)20-10-11(8-15)9-16;1-2-3-6-13-12-9-5-4-8(11)7-10(9)14(13)15;1-2-3-6-14-12-9-5-4-8(11)7-10(9)13-14;1-2-3-6-13-11-9-5-4-8(14)7-10(9)12-13;8-6-2-1-5(4-9)7(3-6)10(11)12;1-6-2-4-7(5-3-6)11(8,9)10;7-4-1-2-5(8)6(3-4)9(10)11/h7-8,10-11H,5-6,9,12-13H2,1-4H3,(H,21,25);8-9,11H,6-7,10H2,1-5H3;4-5,7-8H,2-3,6,9-10,16H2,1H3;4-5,7,12H,2-3,6H2,1H3;4-5,7H,2-3,6H2,1H3;4-5,7,14H,2-3,6H2,1H3;1-3H,4,9H2;2-5H,1H3,(H,8,9,10);1-3H/q;;;+1;;;;;/b14-11-;;11-8-;;;;;;. The second-order valence-corrected chi connectivity index (χ2v) is 40.3. The zero-order valence-electron chi connectivity index (χ0n) is 84.1. The normalized spacial score (nSPS) is 12.6. The summed E-state index contributed by atoms with van der Waals surface area (Å²) in [5, 5.41) is 79.3. The maximum atomic E-state index is 13.1. The van der Waals surface area contributed by atoms with Gasteiger partial charge in [0, 0.05) is 90.6 Å². The molecule has 146 heavy (non-hydrogen) atoms. The number of unbranched alkanes of at least 4 members (excludes halogenated alkanes) is 6. The smallest absolute Gasteiger partial charge is 0.494 e. The number of rotatable bonds is 32. The molecule has 1 saturated heterocycles. The van der Waals surface area contributed by atoms with Gasteiger partial charge in [0.1, 0.15) is 91.2 Å². The molecule has 1 amide bonds. The lowest BCUT2D eigenvalue weighted by Crippen LogP contribution is -2.41. The van der Waals surface area contributed by atoms with E-state index in [4.69, 9.17) is 39.5 Å². The number of aryl methyl sites for hydroxylation is 7. The van der Waals surface area contributed by atoms with Gasteiger partial charge in [0.05, 0.1) is 82.4 Å². The summed E-state index contributed by atoms with van der Waals surface area (Å²) in [6, 6.07) is 47.8. The van der Waals surface area contributed by atoms with Gasteiger partial charge in [0.25, 0.3) is 21.3 Å². The van der Waals surface area contributed by atoms with Crippen LogP contribution in [-0.2, 0) is 70.0 Å². The molecule has 1 aliphatic rings. The van der Waals surface area contributed by atoms with E-state index < -0.39 is 43.2 Å². The number of aromatic hydroxyl groups is 1. The summed E-state index contributed by atoms with van der Waals surface area (Å²) in [6.45, 7) is 33.6. The van der Waals surface area contributed by atoms with Gasteiger partial charge in [0.15, 0.2) is 5.52 Å². The Labute approximate surface area is 878 Å². The zero-order valence-corrected chi connectivity index (χ0v) is 91.2. The van der Waals surface area contributed by atoms with E-state index in [0.29, 0.717) is 49.8 Å². The Morgan fingerprint density at radius 1 is 0.527 bits per heavy atom. The van der Waals surface area contributed by atoms with E-state index in [2.05, 4.69) is 194 Å². The summed E-state index contributed by atoms with van der Waals surface area (Å²) in [5.74, 6) is 0.604. The highest BCUT2D eigenvalue weighted by Gasteiger charge is 2.52. The highest BCUT2D eigenvalue weighted by Crippen LogP contribution is 2.37. The number of nitrogens with one attached hydrogen (secondary N) is 2. The number of nitro groups is 2. The van der Waals surface area contributed by atoms with Crippen molar-refractivity contribution in [1.29, 1.82) is 0 Å². The number of nitrogens with two attached hydrogens (primary N) is 2. The molecule has 0 unspecified atom stereocenters. The number of alkyl carbamates (subject to hydrolysis) is 1. The summed E-state index contributed by atoms with van der Waals surface area (Å²) in [7, 11) is -4.37. The number of carbonyl (C=O) groups is 1. The topological polar surface area (TPSA) is 485 Å². The average molecular weight is 2300 g/mol. The number of carbonyl (C=O) groups excluding carboxylic acids is 1. The molecule has 0 atom stereocenters. The molecule has 0 bridgehead atoms. The van der Waals surface area contributed by atoms with E-state index in [-0.39, 0.29) is 73.1 Å². The lowest BCUT2D eigenvalue weighted by molar-refractivity contribution is -0.575. The van der Waals surface area contributed by atoms with Crippen molar-refractivity contribution in [2.24, 2.45) is 11.5 Å². The fraction of sp³-hybridized carbons (Fsp3) is 0.404. The number of aromatic amines is 1. The van der Waals surface area contributed by atoms with Gasteiger partial charge in [-0.1, -0.05) is 168 Å². The number of nitro benzene ring substituents is 2. The molecule has 7 heterocycles. The lowest BCUT2D eigenvalue weighted by Gasteiger charge is -2.32. The summed E-state index contributed by atoms with van der Waals surface area (Å²) in [4.78, 5) is 53.0. The number of phenols is 1. The van der Waals surface area contributed by atoms with Gasteiger partial charge in [0.2, 0.25) is 5.82 Å². The predicted octanol–water partition coefficient (Wildman–Crippen LogP) is 21.9. The van der Waals surface area contributed by atoms with Crippen LogP contribution in [0.25, 0.3) is 66.2 Å². The molecule has 38 nitrogen and oxygen atoms in total. The van der Waals surface area contributed by atoms with Crippen molar-refractivity contribution in [3.8, 4) is 17.2 Å². The largest absolute Gasteiger partial charge is 0.508 e. The molecule has 0 radical (unpaired) electrons. The molecule has 0 saturated carbocycles. The number of aromatic nitrogens is 18. The number of benzene rings is 9. The Balaban J connectivity index is 0.000000204. The van der Waals surface area contributed by atoms with Gasteiger partial charge < -0.3 is 45.4 Å². The van der Waals surface area contributed by atoms with Crippen molar-refractivity contribution >= 4 is 170 Å². The van der Waals surface area contributed by atoms with Crippen molar-refractivity contribution in [2.45, 2.75) is 241 Å². The summed E-state index contributed by atoms with van der Waals surface area (Å²) < 4.78 is 100. The third-order valence-electron chi connectivity index (χ3n) is 21.6. The van der Waals surface area contributed by atoms with Crippen LogP contribution in [0.15, 0.2) is 216 Å². The van der Waals surface area contributed by atoms with E-state index in [1.165, 1.54) is 30.7 Å². The SMILES string of the molecule is CCCCn1[nH]c2ccc(Br)cc2[n+]1=O.CCCCn1nc2ccc(B3OC(C)(C)C(C)(C)O3)cc2n1.CCCCn1nc2ccc(Br)cc2n1.CCCCn1nc2ccc(O)cc2n1.CCCCn1nc2ccc(OC/C(=C\F)CN)cc2n1.CCCCn1nc2ccc(OC/C(=C\F)CNC(=O)OC(C)(C)C)cc2n1.Cc1ccc(S(=O)(=O)O)cc1.NCc1ccc(Br)cc1[N+](=O)[O-].O=[N+]([O-])c1cc(Br)ccc1F. The van der Waals surface area contributed by atoms with Crippen LogP contribution in [0.3, 0.4) is 0 Å². The number of H-pyrrole nitrogens is 1. The first-order valence-electron chi connectivity index (χ1n) is 47.5. The summed E-state index contributed by atoms with van der Waals surface area (Å²) >= 11 is 12.9. The van der Waals surface area contributed by atoms with E-state index in [1.54, 1.807) is 116 Å². The van der Waals surface area contributed by atoms with E-state index >= 15 is 0 Å². The highest BCUT2D eigenvalue weighted by atomic mass is 79.9. The van der Waals surface area contributed by atoms with Gasteiger partial charge in [-0.3, -0.25) is 24.8 Å². The highest BCUT2D eigenvalue weighted by molar-refractivity contribution is 9.11. The van der Waals surface area contributed by atoms with Crippen molar-refractivity contribution < 1.29 is 74.0 Å². The fourth-order valence-electron chi connectivity index (χ4n) is 12.9. The van der Waals surface area contributed by atoms with Crippen LogP contribution in [0.4, 0.5) is 29.3 Å². The van der Waals surface area contributed by atoms with Crippen LogP contribution >= 0.6 is 63.7 Å². The van der Waals surface area contributed by atoms with Crippen LogP contribution in [0.5, 0.6) is 17.2 Å². The molecule has 6 aromatic heterocycles. The van der Waals surface area contributed by atoms with Gasteiger partial charge in [-0.2, -0.15) is 92.9 Å². The number of hydrogen-bond acceptors (Lipinski definition) is 26. The number of ether oxygens (including phenoxy) is 3. The molecule has 47 heteroatoms. The minimum absolute atomic E-state index is 0.000851. The molecule has 1 fully saturated rings. The maximum Gasteiger partial charge on any atom is 0.494 e. The van der Waals surface area contributed by atoms with E-state index in [0.717, 1.165) is 207 Å². The third-order valence-corrected chi connectivity index (χ3v) is 24.5. The van der Waals surface area contributed by atoms with Gasteiger partial charge in [-0.15, -0.1) is 0 Å². The molecular weight excluding hydrogens is 2170 g/mol. The fourth-order valence-corrected chi connectivity index (χ4v) is 14.8. The first-order valence-corrected chi connectivity index (χ1v) is 52.1. The second-order valence-electron chi connectivity index (χ2n) is 35.3. The van der Waals surface area contributed by atoms with E-state index in [1.807, 2.05) is 73.7 Å². The van der Waals surface area contributed by atoms with Crippen LogP contribution in [0.2, 0.25) is 0 Å². The van der Waals surface area contributed by atoms with Crippen molar-refractivity contribution in [3.63, 3.8) is 0 Å². The summed E-state index contributed by atoms with van der Waals surface area (Å²) in [6.07, 6.45) is 13.3. The molecule has 8 N–H and O–H groups in total.